The van der Waals surface area contributed by atoms with Crippen molar-refractivity contribution in [3.8, 4) is 0 Å². The van der Waals surface area contributed by atoms with E-state index in [-0.39, 0.29) is 17.9 Å². The third-order valence-corrected chi connectivity index (χ3v) is 5.83. The van der Waals surface area contributed by atoms with Crippen LogP contribution in [-0.4, -0.2) is 49.6 Å². The molecule has 1 aliphatic heterocycles. The Morgan fingerprint density at radius 3 is 2.67 bits per heavy atom. The zero-order chi connectivity index (χ0) is 15.8. The van der Waals surface area contributed by atoms with Crippen molar-refractivity contribution in [2.75, 3.05) is 13.7 Å². The SMILES string of the molecule is COC1CC(C(=O)O)N(S(=O)(=O)c2ccc(Cl)cc2C)C1. The summed E-state index contributed by atoms with van der Waals surface area (Å²) in [4.78, 5) is 11.4. The maximum absolute atomic E-state index is 12.7. The van der Waals surface area contributed by atoms with Crippen molar-refractivity contribution in [2.24, 2.45) is 0 Å². The van der Waals surface area contributed by atoms with Crippen molar-refractivity contribution in [1.29, 1.82) is 0 Å². The van der Waals surface area contributed by atoms with E-state index in [9.17, 15) is 18.3 Å². The van der Waals surface area contributed by atoms with Gasteiger partial charge < -0.3 is 9.84 Å². The number of carboxylic acids is 1. The lowest BCUT2D eigenvalue weighted by atomic mass is 10.2. The molecule has 0 aromatic heterocycles. The number of hydrogen-bond acceptors (Lipinski definition) is 4. The number of methoxy groups -OCH3 is 1. The van der Waals surface area contributed by atoms with Crippen LogP contribution >= 0.6 is 11.6 Å². The van der Waals surface area contributed by atoms with Crippen LogP contribution in [0.15, 0.2) is 23.1 Å². The highest BCUT2D eigenvalue weighted by Crippen LogP contribution is 2.30. The fourth-order valence-electron chi connectivity index (χ4n) is 2.46. The second kappa shape index (κ2) is 5.92. The fraction of sp³-hybridized carbons (Fsp3) is 0.462. The first-order valence-electron chi connectivity index (χ1n) is 6.31. The first-order valence-corrected chi connectivity index (χ1v) is 8.12. The van der Waals surface area contributed by atoms with E-state index in [1.165, 1.54) is 25.3 Å². The zero-order valence-corrected chi connectivity index (χ0v) is 13.2. The highest BCUT2D eigenvalue weighted by molar-refractivity contribution is 7.89. The Morgan fingerprint density at radius 2 is 2.14 bits per heavy atom. The van der Waals surface area contributed by atoms with Crippen LogP contribution in [0, 0.1) is 6.92 Å². The Balaban J connectivity index is 2.44. The summed E-state index contributed by atoms with van der Waals surface area (Å²) in [5.41, 5.74) is 0.479. The third kappa shape index (κ3) is 3.06. The molecule has 1 aromatic rings. The van der Waals surface area contributed by atoms with Gasteiger partial charge in [-0.3, -0.25) is 4.79 Å². The molecule has 2 unspecified atom stereocenters. The maximum Gasteiger partial charge on any atom is 0.322 e. The van der Waals surface area contributed by atoms with Crippen LogP contribution < -0.4 is 0 Å². The average molecular weight is 334 g/mol. The minimum absolute atomic E-state index is 0.0257. The van der Waals surface area contributed by atoms with Crippen LogP contribution in [0.5, 0.6) is 0 Å². The highest BCUT2D eigenvalue weighted by Gasteiger charge is 2.44. The summed E-state index contributed by atoms with van der Waals surface area (Å²) >= 11 is 5.83. The van der Waals surface area contributed by atoms with Crippen molar-refractivity contribution >= 4 is 27.6 Å². The summed E-state index contributed by atoms with van der Waals surface area (Å²) in [5, 5.41) is 9.67. The van der Waals surface area contributed by atoms with Crippen LogP contribution in [0.4, 0.5) is 0 Å². The Labute approximate surface area is 128 Å². The lowest BCUT2D eigenvalue weighted by molar-refractivity contribution is -0.140. The first kappa shape index (κ1) is 16.2. The van der Waals surface area contributed by atoms with Gasteiger partial charge in [-0.1, -0.05) is 11.6 Å². The van der Waals surface area contributed by atoms with Gasteiger partial charge in [-0.2, -0.15) is 4.31 Å². The van der Waals surface area contributed by atoms with E-state index in [0.717, 1.165) is 4.31 Å². The number of hydrogen-bond donors (Lipinski definition) is 1. The molecule has 1 aliphatic rings. The summed E-state index contributed by atoms with van der Waals surface area (Å²) in [5.74, 6) is -1.18. The normalized spacial score (nSPS) is 23.4. The predicted octanol–water partition coefficient (Wildman–Crippen LogP) is 1.51. The van der Waals surface area contributed by atoms with Gasteiger partial charge in [0.1, 0.15) is 6.04 Å². The van der Waals surface area contributed by atoms with Crippen LogP contribution in [-0.2, 0) is 19.6 Å². The number of aliphatic carboxylic acids is 1. The number of rotatable bonds is 4. The van der Waals surface area contributed by atoms with Gasteiger partial charge in [-0.25, -0.2) is 8.42 Å². The van der Waals surface area contributed by atoms with Crippen LogP contribution in [0.1, 0.15) is 12.0 Å². The molecule has 2 rings (SSSR count). The van der Waals surface area contributed by atoms with Gasteiger partial charge in [-0.15, -0.1) is 0 Å². The molecule has 1 N–H and O–H groups in total. The van der Waals surface area contributed by atoms with Crippen molar-refractivity contribution < 1.29 is 23.1 Å². The molecule has 8 heteroatoms. The molecular weight excluding hydrogens is 318 g/mol. The van der Waals surface area contributed by atoms with Gasteiger partial charge in [0.2, 0.25) is 10.0 Å². The van der Waals surface area contributed by atoms with E-state index in [2.05, 4.69) is 0 Å². The maximum atomic E-state index is 12.7. The monoisotopic (exact) mass is 333 g/mol. The third-order valence-electron chi connectivity index (χ3n) is 3.56. The quantitative estimate of drug-likeness (QED) is 0.903. The molecule has 0 amide bonds. The summed E-state index contributed by atoms with van der Waals surface area (Å²) in [7, 11) is -2.47. The Hall–Kier alpha value is -1.15. The van der Waals surface area contributed by atoms with Crippen LogP contribution in [0.2, 0.25) is 5.02 Å². The number of benzene rings is 1. The van der Waals surface area contributed by atoms with Gasteiger partial charge in [0, 0.05) is 25.1 Å². The molecule has 6 nitrogen and oxygen atoms in total. The standard InChI is InChI=1S/C13H16ClNO5S/c1-8-5-9(14)3-4-12(8)21(18,19)15-7-10(20-2)6-11(15)13(16)17/h3-5,10-11H,6-7H2,1-2H3,(H,16,17). The molecule has 0 radical (unpaired) electrons. The number of ether oxygens (including phenoxy) is 1. The van der Waals surface area contributed by atoms with Gasteiger partial charge in [0.25, 0.3) is 0 Å². The van der Waals surface area contributed by atoms with Crippen molar-refractivity contribution in [3.63, 3.8) is 0 Å². The van der Waals surface area contributed by atoms with Gasteiger partial charge in [-0.05, 0) is 30.7 Å². The second-order valence-corrected chi connectivity index (χ2v) is 7.23. The van der Waals surface area contributed by atoms with Gasteiger partial charge in [0.15, 0.2) is 0 Å². The summed E-state index contributed by atoms with van der Waals surface area (Å²) in [6.45, 7) is 1.65. The first-order chi connectivity index (χ1) is 9.77. The number of aryl methyl sites for hydroxylation is 1. The van der Waals surface area contributed by atoms with E-state index < -0.39 is 28.1 Å². The summed E-state index contributed by atoms with van der Waals surface area (Å²) in [6, 6.07) is 3.29. The van der Waals surface area contributed by atoms with Crippen molar-refractivity contribution in [1.82, 2.24) is 4.31 Å². The lowest BCUT2D eigenvalue weighted by Crippen LogP contribution is -2.40. The fourth-order valence-corrected chi connectivity index (χ4v) is 4.52. The molecule has 1 saturated heterocycles. The smallest absolute Gasteiger partial charge is 0.322 e. The predicted molar refractivity (Wildman–Crippen MR) is 76.9 cm³/mol. The molecule has 0 aliphatic carbocycles. The largest absolute Gasteiger partial charge is 0.480 e. The topological polar surface area (TPSA) is 83.9 Å². The van der Waals surface area contributed by atoms with Crippen LogP contribution in [0.3, 0.4) is 0 Å². The number of carbonyl (C=O) groups is 1. The summed E-state index contributed by atoms with van der Waals surface area (Å²) in [6.07, 6.45) is -0.286. The summed E-state index contributed by atoms with van der Waals surface area (Å²) < 4.78 is 31.5. The van der Waals surface area contributed by atoms with E-state index >= 15 is 0 Å². The van der Waals surface area contributed by atoms with Crippen LogP contribution in [0.25, 0.3) is 0 Å². The molecule has 1 aromatic carbocycles. The molecule has 1 heterocycles. The Morgan fingerprint density at radius 1 is 1.48 bits per heavy atom. The number of carboxylic acid groups (broad SMARTS) is 1. The van der Waals surface area contributed by atoms with Gasteiger partial charge >= 0.3 is 5.97 Å². The van der Waals surface area contributed by atoms with Crippen molar-refractivity contribution in [2.45, 2.75) is 30.4 Å². The van der Waals surface area contributed by atoms with E-state index in [1.807, 2.05) is 0 Å². The average Bonchev–Trinajstić information content (AvgIpc) is 2.83. The minimum atomic E-state index is -3.91. The molecule has 0 saturated carbocycles. The number of sulfonamides is 1. The van der Waals surface area contributed by atoms with E-state index in [4.69, 9.17) is 16.3 Å². The minimum Gasteiger partial charge on any atom is -0.480 e. The van der Waals surface area contributed by atoms with E-state index in [0.29, 0.717) is 10.6 Å². The molecule has 21 heavy (non-hydrogen) atoms. The van der Waals surface area contributed by atoms with E-state index in [1.54, 1.807) is 6.92 Å². The molecule has 1 fully saturated rings. The molecular formula is C13H16ClNO5S. The molecule has 116 valence electrons. The molecule has 0 spiro atoms. The highest BCUT2D eigenvalue weighted by atomic mass is 35.5. The number of halogens is 1. The van der Waals surface area contributed by atoms with Gasteiger partial charge in [0.05, 0.1) is 11.0 Å². The lowest BCUT2D eigenvalue weighted by Gasteiger charge is -2.21. The molecule has 2 atom stereocenters. The Bertz CT molecular complexity index is 661. The van der Waals surface area contributed by atoms with Crippen molar-refractivity contribution in [3.05, 3.63) is 28.8 Å². The zero-order valence-electron chi connectivity index (χ0n) is 11.6. The Kier molecular flexibility index (Phi) is 4.57. The second-order valence-electron chi connectivity index (χ2n) is 4.93. The number of nitrogens with zero attached hydrogens (tertiary/aromatic N) is 1. The molecule has 0 bridgehead atoms.